The van der Waals surface area contributed by atoms with E-state index in [-0.39, 0.29) is 30.5 Å². The molecule has 3 N–H and O–H groups in total. The number of carbonyl (C=O) groups is 1. The minimum Gasteiger partial charge on any atom is -0.467 e. The Balaban J connectivity index is 1.60. The van der Waals surface area contributed by atoms with Crippen molar-refractivity contribution >= 4 is 28.7 Å². The molecule has 0 bridgehead atoms. The van der Waals surface area contributed by atoms with Crippen LogP contribution in [0.15, 0.2) is 68.8 Å². The number of rotatable bonds is 6. The quantitative estimate of drug-likeness (QED) is 0.442. The molecule has 174 valence electrons. The van der Waals surface area contributed by atoms with Gasteiger partial charge in [0.15, 0.2) is 5.69 Å². The smallest absolute Gasteiger partial charge is 0.330 e. The third kappa shape index (κ3) is 4.22. The second-order valence-electron chi connectivity index (χ2n) is 8.30. The zero-order valence-electron chi connectivity index (χ0n) is 18.5. The van der Waals surface area contributed by atoms with Crippen molar-refractivity contribution in [3.8, 4) is 0 Å². The van der Waals surface area contributed by atoms with Crippen molar-refractivity contribution in [3.63, 3.8) is 0 Å². The monoisotopic (exact) mass is 476 g/mol. The van der Waals surface area contributed by atoms with E-state index in [1.165, 1.54) is 37.5 Å². The molecule has 9 heteroatoms. The third-order valence-electron chi connectivity index (χ3n) is 6.01. The highest BCUT2D eigenvalue weighted by Gasteiger charge is 2.28. The summed E-state index contributed by atoms with van der Waals surface area (Å²) in [6.45, 7) is 0.163. The lowest BCUT2D eigenvalue weighted by Gasteiger charge is -2.23. The summed E-state index contributed by atoms with van der Waals surface area (Å²) in [6.07, 6.45) is 5.61. The molecule has 0 saturated heterocycles. The summed E-state index contributed by atoms with van der Waals surface area (Å²) < 4.78 is 6.74. The van der Waals surface area contributed by atoms with E-state index in [0.29, 0.717) is 10.6 Å². The fourth-order valence-corrected chi connectivity index (χ4v) is 5.50. The first-order valence-corrected chi connectivity index (χ1v) is 12.0. The van der Waals surface area contributed by atoms with Crippen LogP contribution >= 0.6 is 11.3 Å². The van der Waals surface area contributed by atoms with Gasteiger partial charge in [-0.15, -0.1) is 11.3 Å². The highest BCUT2D eigenvalue weighted by atomic mass is 32.1. The molecule has 5 rings (SSSR count). The van der Waals surface area contributed by atoms with Gasteiger partial charge in [0.05, 0.1) is 24.2 Å². The summed E-state index contributed by atoms with van der Waals surface area (Å²) >= 11 is 1.46. The van der Waals surface area contributed by atoms with Crippen LogP contribution in [-0.2, 0) is 25.9 Å². The molecule has 0 aliphatic heterocycles. The van der Waals surface area contributed by atoms with E-state index in [0.717, 1.165) is 31.2 Å². The second-order valence-corrected chi connectivity index (χ2v) is 9.44. The summed E-state index contributed by atoms with van der Waals surface area (Å²) in [4.78, 5) is 44.8. The molecule has 0 radical (unpaired) electrons. The number of thiophene rings is 1. The summed E-state index contributed by atoms with van der Waals surface area (Å²) in [5.74, 6) is 0.0750. The summed E-state index contributed by atoms with van der Waals surface area (Å²) in [7, 11) is 0. The van der Waals surface area contributed by atoms with E-state index in [2.05, 4.69) is 4.98 Å². The van der Waals surface area contributed by atoms with Crippen molar-refractivity contribution in [1.82, 2.24) is 9.55 Å². The Morgan fingerprint density at radius 1 is 1.12 bits per heavy atom. The first-order chi connectivity index (χ1) is 16.5. The van der Waals surface area contributed by atoms with E-state index in [1.807, 2.05) is 36.4 Å². The number of hydrogen-bond acceptors (Lipinski definition) is 6. The molecule has 34 heavy (non-hydrogen) atoms. The SMILES string of the molecule is Nc1c(N(Cc2ccco2)C(=O)c2cc3c(s2)CCCC3)c(=O)[nH]c(=O)n1Cc1ccccc1. The number of nitrogens with two attached hydrogens (primary N) is 1. The van der Waals surface area contributed by atoms with Crippen molar-refractivity contribution in [1.29, 1.82) is 0 Å². The van der Waals surface area contributed by atoms with Gasteiger partial charge >= 0.3 is 5.69 Å². The van der Waals surface area contributed by atoms with Crippen LogP contribution < -0.4 is 21.9 Å². The highest BCUT2D eigenvalue weighted by molar-refractivity contribution is 7.14. The number of carbonyl (C=O) groups excluding carboxylic acids is 1. The largest absolute Gasteiger partial charge is 0.467 e. The molecule has 0 spiro atoms. The van der Waals surface area contributed by atoms with Gasteiger partial charge in [0.25, 0.3) is 11.5 Å². The maximum Gasteiger partial charge on any atom is 0.330 e. The van der Waals surface area contributed by atoms with Crippen LogP contribution in [0.4, 0.5) is 11.5 Å². The zero-order chi connectivity index (χ0) is 23.7. The molecule has 1 aromatic carbocycles. The van der Waals surface area contributed by atoms with Crippen LogP contribution in [-0.4, -0.2) is 15.5 Å². The molecule has 4 aromatic rings. The average Bonchev–Trinajstić information content (AvgIpc) is 3.51. The van der Waals surface area contributed by atoms with Gasteiger partial charge in [-0.2, -0.15) is 0 Å². The standard InChI is InChI=1S/C25H24N4O4S/c26-22-21(23(30)27-25(32)29(22)14-16-7-2-1-3-8-16)28(15-18-10-6-12-33-18)24(31)20-13-17-9-4-5-11-19(17)34-20/h1-3,6-8,10,12-13H,4-5,9,11,14-15,26H2,(H,27,30,32). The first kappa shape index (κ1) is 22.0. The number of aromatic nitrogens is 2. The van der Waals surface area contributed by atoms with E-state index >= 15 is 0 Å². The molecular formula is C25H24N4O4S. The van der Waals surface area contributed by atoms with Gasteiger partial charge in [0, 0.05) is 4.88 Å². The number of aromatic amines is 1. The lowest BCUT2D eigenvalue weighted by Crippen LogP contribution is -2.40. The van der Waals surface area contributed by atoms with Crippen LogP contribution in [0.25, 0.3) is 0 Å². The van der Waals surface area contributed by atoms with Gasteiger partial charge in [0.2, 0.25) is 0 Å². The number of nitrogen functional groups attached to an aromatic ring is 1. The number of nitrogens with one attached hydrogen (secondary N) is 1. The number of furan rings is 1. The Labute approximate surface area is 199 Å². The molecule has 8 nitrogen and oxygen atoms in total. The molecule has 1 aliphatic carbocycles. The van der Waals surface area contributed by atoms with Crippen molar-refractivity contribution in [2.75, 3.05) is 10.6 Å². The number of nitrogens with zero attached hydrogens (tertiary/aromatic N) is 2. The van der Waals surface area contributed by atoms with Crippen molar-refractivity contribution in [2.24, 2.45) is 0 Å². The predicted octanol–water partition coefficient (Wildman–Crippen LogP) is 3.55. The number of H-pyrrole nitrogens is 1. The number of amides is 1. The molecule has 1 aliphatic rings. The molecular weight excluding hydrogens is 452 g/mol. The third-order valence-corrected chi connectivity index (χ3v) is 7.24. The number of hydrogen-bond donors (Lipinski definition) is 2. The van der Waals surface area contributed by atoms with Gasteiger partial charge in [-0.3, -0.25) is 24.0 Å². The molecule has 0 unspecified atom stereocenters. The van der Waals surface area contributed by atoms with Crippen molar-refractivity contribution < 1.29 is 9.21 Å². The molecule has 3 aromatic heterocycles. The highest BCUT2D eigenvalue weighted by Crippen LogP contribution is 2.32. The van der Waals surface area contributed by atoms with Gasteiger partial charge in [-0.25, -0.2) is 4.79 Å². The zero-order valence-corrected chi connectivity index (χ0v) is 19.3. The molecule has 0 fully saturated rings. The number of fused-ring (bicyclic) bond motifs is 1. The van der Waals surface area contributed by atoms with E-state index in [1.54, 1.807) is 12.1 Å². The summed E-state index contributed by atoms with van der Waals surface area (Å²) in [5, 5.41) is 0. The van der Waals surface area contributed by atoms with Crippen LogP contribution in [0.1, 0.15) is 44.3 Å². The van der Waals surface area contributed by atoms with Crippen molar-refractivity contribution in [3.05, 3.63) is 102 Å². The van der Waals surface area contributed by atoms with Gasteiger partial charge < -0.3 is 10.2 Å². The predicted molar refractivity (Wildman–Crippen MR) is 131 cm³/mol. The molecule has 1 amide bonds. The normalized spacial score (nSPS) is 12.9. The van der Waals surface area contributed by atoms with Gasteiger partial charge in [-0.05, 0) is 55.0 Å². The summed E-state index contributed by atoms with van der Waals surface area (Å²) in [6, 6.07) is 14.7. The Morgan fingerprint density at radius 3 is 2.65 bits per heavy atom. The topological polar surface area (TPSA) is 114 Å². The van der Waals surface area contributed by atoms with Crippen molar-refractivity contribution in [2.45, 2.75) is 38.8 Å². The molecule has 0 atom stereocenters. The minimum absolute atomic E-state index is 0.00518. The minimum atomic E-state index is -0.715. The molecule has 3 heterocycles. The Bertz CT molecular complexity index is 1410. The number of benzene rings is 1. The Kier molecular flexibility index (Phi) is 5.93. The van der Waals surface area contributed by atoms with Crippen LogP contribution in [0.2, 0.25) is 0 Å². The average molecular weight is 477 g/mol. The van der Waals surface area contributed by atoms with E-state index in [9.17, 15) is 14.4 Å². The number of anilines is 2. The Morgan fingerprint density at radius 2 is 1.91 bits per heavy atom. The summed E-state index contributed by atoms with van der Waals surface area (Å²) in [5.41, 5.74) is 7.01. The van der Waals surface area contributed by atoms with E-state index in [4.69, 9.17) is 10.2 Å². The lowest BCUT2D eigenvalue weighted by atomic mass is 9.99. The lowest BCUT2D eigenvalue weighted by molar-refractivity contribution is 0.0986. The van der Waals surface area contributed by atoms with E-state index < -0.39 is 11.2 Å². The number of aryl methyl sites for hydroxylation is 2. The fourth-order valence-electron chi connectivity index (χ4n) is 4.30. The molecule has 0 saturated carbocycles. The van der Waals surface area contributed by atoms with Gasteiger partial charge in [0.1, 0.15) is 11.6 Å². The Hall–Kier alpha value is -3.85. The van der Waals surface area contributed by atoms with Crippen LogP contribution in [0, 0.1) is 0 Å². The maximum absolute atomic E-state index is 13.7. The van der Waals surface area contributed by atoms with Gasteiger partial charge in [-0.1, -0.05) is 30.3 Å². The van der Waals surface area contributed by atoms with Crippen LogP contribution in [0.5, 0.6) is 0 Å². The maximum atomic E-state index is 13.7. The second kappa shape index (κ2) is 9.18. The van der Waals surface area contributed by atoms with Crippen LogP contribution in [0.3, 0.4) is 0 Å². The fraction of sp³-hybridized carbons (Fsp3) is 0.240. The first-order valence-electron chi connectivity index (χ1n) is 11.1.